The van der Waals surface area contributed by atoms with Crippen LogP contribution in [0.4, 0.5) is 4.79 Å². The second-order valence-electron chi connectivity index (χ2n) is 7.84. The minimum absolute atomic E-state index is 0.112. The molecular formula is C20H25NO3. The fraction of sp³-hybridized carbons (Fsp3) is 0.600. The van der Waals surface area contributed by atoms with Crippen molar-refractivity contribution in [3.63, 3.8) is 0 Å². The Kier molecular flexibility index (Phi) is 4.30. The molecule has 24 heavy (non-hydrogen) atoms. The molecule has 1 aromatic rings. The van der Waals surface area contributed by atoms with Gasteiger partial charge >= 0.3 is 6.09 Å². The maximum atomic E-state index is 12.6. The fourth-order valence-corrected chi connectivity index (χ4v) is 5.50. The SMILES string of the molecule is O=C(NCC(=O)C1C2CC3CC(C2)CC1C3)OCc1ccccc1. The zero-order valence-electron chi connectivity index (χ0n) is 13.9. The van der Waals surface area contributed by atoms with Crippen molar-refractivity contribution in [2.45, 2.75) is 38.7 Å². The van der Waals surface area contributed by atoms with Crippen LogP contribution in [-0.2, 0) is 16.1 Å². The average Bonchev–Trinajstić information content (AvgIpc) is 2.58. The van der Waals surface area contributed by atoms with Gasteiger partial charge in [0.2, 0.25) is 0 Å². The van der Waals surface area contributed by atoms with E-state index in [0.717, 1.165) is 17.4 Å². The molecule has 4 fully saturated rings. The fourth-order valence-electron chi connectivity index (χ4n) is 5.50. The predicted octanol–water partition coefficient (Wildman–Crippen LogP) is 3.55. The van der Waals surface area contributed by atoms with Crippen molar-refractivity contribution >= 4 is 11.9 Å². The highest BCUT2D eigenvalue weighted by Gasteiger charge is 2.50. The molecule has 128 valence electrons. The molecule has 0 saturated heterocycles. The molecule has 1 N–H and O–H groups in total. The molecule has 1 aromatic carbocycles. The third-order valence-electron chi connectivity index (χ3n) is 6.22. The van der Waals surface area contributed by atoms with Crippen LogP contribution in [0.15, 0.2) is 30.3 Å². The lowest BCUT2D eigenvalue weighted by atomic mass is 9.51. The maximum absolute atomic E-state index is 12.6. The molecular weight excluding hydrogens is 302 g/mol. The molecule has 5 rings (SSSR count). The van der Waals surface area contributed by atoms with E-state index in [1.807, 2.05) is 30.3 Å². The third kappa shape index (κ3) is 3.19. The standard InChI is InChI=1S/C20H25NO3/c22-18(11-21-20(23)24-12-13-4-2-1-3-5-13)19-16-7-14-6-15(9-16)10-17(19)8-14/h1-5,14-17,19H,6-12H2,(H,21,23). The Bertz CT molecular complexity index is 585. The van der Waals surface area contributed by atoms with Gasteiger partial charge < -0.3 is 10.1 Å². The summed E-state index contributed by atoms with van der Waals surface area (Å²) >= 11 is 0. The van der Waals surface area contributed by atoms with Crippen LogP contribution in [0.1, 0.15) is 37.7 Å². The number of hydrogen-bond acceptors (Lipinski definition) is 3. The van der Waals surface area contributed by atoms with E-state index in [0.29, 0.717) is 11.8 Å². The zero-order chi connectivity index (χ0) is 16.5. The predicted molar refractivity (Wildman–Crippen MR) is 90.2 cm³/mol. The third-order valence-corrected chi connectivity index (χ3v) is 6.22. The van der Waals surface area contributed by atoms with Crippen LogP contribution < -0.4 is 5.32 Å². The van der Waals surface area contributed by atoms with E-state index >= 15 is 0 Å². The summed E-state index contributed by atoms with van der Waals surface area (Å²) in [4.78, 5) is 24.5. The van der Waals surface area contributed by atoms with Crippen LogP contribution in [0.2, 0.25) is 0 Å². The molecule has 0 unspecified atom stereocenters. The number of amides is 1. The highest BCUT2D eigenvalue weighted by atomic mass is 16.5. The van der Waals surface area contributed by atoms with Crippen molar-refractivity contribution in [3.8, 4) is 0 Å². The van der Waals surface area contributed by atoms with Gasteiger partial charge in [-0.25, -0.2) is 4.79 Å². The monoisotopic (exact) mass is 327 g/mol. The summed E-state index contributed by atoms with van der Waals surface area (Å²) < 4.78 is 5.18. The molecule has 4 aliphatic carbocycles. The molecule has 0 spiro atoms. The number of carbonyl (C=O) groups excluding carboxylic acids is 2. The van der Waals surface area contributed by atoms with Gasteiger partial charge in [0, 0.05) is 5.92 Å². The first kappa shape index (κ1) is 15.7. The number of benzene rings is 1. The Balaban J connectivity index is 1.25. The van der Waals surface area contributed by atoms with E-state index in [1.165, 1.54) is 32.1 Å². The van der Waals surface area contributed by atoms with Crippen molar-refractivity contribution < 1.29 is 14.3 Å². The average molecular weight is 327 g/mol. The molecule has 1 amide bonds. The summed E-state index contributed by atoms with van der Waals surface area (Å²) in [7, 11) is 0. The van der Waals surface area contributed by atoms with Gasteiger partial charge in [-0.05, 0) is 61.3 Å². The quantitative estimate of drug-likeness (QED) is 0.900. The van der Waals surface area contributed by atoms with E-state index in [4.69, 9.17) is 4.74 Å². The molecule has 0 radical (unpaired) electrons. The van der Waals surface area contributed by atoms with Crippen LogP contribution in [0, 0.1) is 29.6 Å². The summed E-state index contributed by atoms with van der Waals surface area (Å²) in [6.07, 6.45) is 5.78. The van der Waals surface area contributed by atoms with E-state index < -0.39 is 6.09 Å². The number of hydrogen-bond donors (Lipinski definition) is 1. The topological polar surface area (TPSA) is 55.4 Å². The molecule has 4 heteroatoms. The highest BCUT2D eigenvalue weighted by molar-refractivity contribution is 5.86. The Morgan fingerprint density at radius 2 is 1.58 bits per heavy atom. The summed E-state index contributed by atoms with van der Waals surface area (Å²) in [6.45, 7) is 0.347. The lowest BCUT2D eigenvalue weighted by Crippen LogP contribution is -2.50. The molecule has 0 aliphatic heterocycles. The van der Waals surface area contributed by atoms with Gasteiger partial charge in [0.1, 0.15) is 6.61 Å². The molecule has 4 saturated carbocycles. The lowest BCUT2D eigenvalue weighted by molar-refractivity contribution is -0.134. The van der Waals surface area contributed by atoms with E-state index in [9.17, 15) is 9.59 Å². The first-order chi connectivity index (χ1) is 11.7. The second-order valence-corrected chi connectivity index (χ2v) is 7.84. The van der Waals surface area contributed by atoms with Gasteiger partial charge in [0.15, 0.2) is 5.78 Å². The van der Waals surface area contributed by atoms with Crippen molar-refractivity contribution in [2.75, 3.05) is 6.54 Å². The molecule has 4 bridgehead atoms. The zero-order valence-corrected chi connectivity index (χ0v) is 13.9. The number of rotatable bonds is 5. The minimum atomic E-state index is -0.504. The van der Waals surface area contributed by atoms with Gasteiger partial charge in [0.25, 0.3) is 0 Å². The van der Waals surface area contributed by atoms with Gasteiger partial charge in [-0.3, -0.25) is 4.79 Å². The molecule has 4 aliphatic rings. The number of ether oxygens (including phenoxy) is 1. The minimum Gasteiger partial charge on any atom is -0.445 e. The molecule has 0 heterocycles. The summed E-state index contributed by atoms with van der Waals surface area (Å²) in [5, 5.41) is 2.65. The highest BCUT2D eigenvalue weighted by Crippen LogP contribution is 2.56. The summed E-state index contributed by atoms with van der Waals surface area (Å²) in [5.74, 6) is 3.24. The first-order valence-corrected chi connectivity index (χ1v) is 9.16. The second kappa shape index (κ2) is 6.58. The Labute approximate surface area is 143 Å². The van der Waals surface area contributed by atoms with E-state index in [-0.39, 0.29) is 24.9 Å². The van der Waals surface area contributed by atoms with Crippen LogP contribution in [0.25, 0.3) is 0 Å². The van der Waals surface area contributed by atoms with Crippen molar-refractivity contribution in [1.82, 2.24) is 5.32 Å². The van der Waals surface area contributed by atoms with Crippen LogP contribution in [0.3, 0.4) is 0 Å². The van der Waals surface area contributed by atoms with Gasteiger partial charge in [-0.2, -0.15) is 0 Å². The first-order valence-electron chi connectivity index (χ1n) is 9.16. The van der Waals surface area contributed by atoms with E-state index in [2.05, 4.69) is 5.32 Å². The molecule has 0 aromatic heterocycles. The Morgan fingerprint density at radius 1 is 0.958 bits per heavy atom. The van der Waals surface area contributed by atoms with Crippen LogP contribution in [-0.4, -0.2) is 18.4 Å². The Morgan fingerprint density at radius 3 is 2.21 bits per heavy atom. The normalized spacial score (nSPS) is 33.2. The largest absolute Gasteiger partial charge is 0.445 e. The Hall–Kier alpha value is -1.84. The number of ketones is 1. The number of carbonyl (C=O) groups is 2. The smallest absolute Gasteiger partial charge is 0.407 e. The summed E-state index contributed by atoms with van der Waals surface area (Å²) in [6, 6.07) is 9.56. The van der Waals surface area contributed by atoms with Crippen LogP contribution >= 0.6 is 0 Å². The summed E-state index contributed by atoms with van der Waals surface area (Å²) in [5.41, 5.74) is 0.944. The number of Topliss-reactive ketones (excluding diaryl/α,β-unsaturated/α-hetero) is 1. The van der Waals surface area contributed by atoms with Gasteiger partial charge in [-0.1, -0.05) is 30.3 Å². The molecule has 4 nitrogen and oxygen atoms in total. The van der Waals surface area contributed by atoms with Crippen molar-refractivity contribution in [3.05, 3.63) is 35.9 Å². The van der Waals surface area contributed by atoms with Gasteiger partial charge in [0.05, 0.1) is 6.54 Å². The number of alkyl carbamates (subject to hydrolysis) is 1. The van der Waals surface area contributed by atoms with Crippen molar-refractivity contribution in [2.24, 2.45) is 29.6 Å². The van der Waals surface area contributed by atoms with Crippen molar-refractivity contribution in [1.29, 1.82) is 0 Å². The lowest BCUT2D eigenvalue weighted by Gasteiger charge is -2.53. The molecule has 0 atom stereocenters. The van der Waals surface area contributed by atoms with Gasteiger partial charge in [-0.15, -0.1) is 0 Å². The number of nitrogens with one attached hydrogen (secondary N) is 1. The maximum Gasteiger partial charge on any atom is 0.407 e. The van der Waals surface area contributed by atoms with Crippen LogP contribution in [0.5, 0.6) is 0 Å². The van der Waals surface area contributed by atoms with E-state index in [1.54, 1.807) is 0 Å².